The molecule has 0 saturated carbocycles. The Balaban J connectivity index is 1.63. The number of Topliss-reactive ketones (excluding diaryl/α,β-unsaturated/α-hetero) is 1. The molecular weight excluding hydrogens is 438 g/mol. The highest BCUT2D eigenvalue weighted by Crippen LogP contribution is 2.20. The maximum absolute atomic E-state index is 12.2. The molecular formula is C25H27N3O6. The second kappa shape index (κ2) is 13.4. The number of aliphatic hydroxyl groups excluding tert-OH is 1. The van der Waals surface area contributed by atoms with Crippen molar-refractivity contribution in [2.75, 3.05) is 13.2 Å². The minimum Gasteiger partial charge on any atom is -0.512 e. The molecule has 1 N–H and O–H groups in total. The average molecular weight is 466 g/mol. The van der Waals surface area contributed by atoms with E-state index in [1.807, 2.05) is 0 Å². The van der Waals surface area contributed by atoms with E-state index in [1.165, 1.54) is 13.8 Å². The molecule has 2 aromatic carbocycles. The van der Waals surface area contributed by atoms with Crippen molar-refractivity contribution in [2.45, 2.75) is 39.5 Å². The van der Waals surface area contributed by atoms with Crippen LogP contribution in [0.4, 0.5) is 5.69 Å². The predicted molar refractivity (Wildman–Crippen MR) is 127 cm³/mol. The monoisotopic (exact) mass is 465 g/mol. The SMILES string of the molecule is CC(=O)/C(=C(/C)O)c1ccc(C(=O)OCCCCCCOC(=O)c2ccc(N=[N+]=[N-])cc2)cc1. The minimum absolute atomic E-state index is 0.0709. The van der Waals surface area contributed by atoms with Gasteiger partial charge in [0.1, 0.15) is 5.76 Å². The molecule has 9 heteroatoms. The van der Waals surface area contributed by atoms with Gasteiger partial charge in [0.2, 0.25) is 0 Å². The molecule has 34 heavy (non-hydrogen) atoms. The van der Waals surface area contributed by atoms with Crippen molar-refractivity contribution in [3.63, 3.8) is 0 Å². The number of ether oxygens (including phenoxy) is 2. The highest BCUT2D eigenvalue weighted by molar-refractivity contribution is 6.20. The Kier molecular flexibility index (Phi) is 10.3. The zero-order chi connectivity index (χ0) is 24.9. The van der Waals surface area contributed by atoms with Gasteiger partial charge in [-0.1, -0.05) is 29.4 Å². The summed E-state index contributed by atoms with van der Waals surface area (Å²) in [5.74, 6) is -1.22. The molecule has 0 aliphatic carbocycles. The van der Waals surface area contributed by atoms with Crippen LogP contribution < -0.4 is 0 Å². The summed E-state index contributed by atoms with van der Waals surface area (Å²) >= 11 is 0. The lowest BCUT2D eigenvalue weighted by Gasteiger charge is -2.08. The molecule has 0 aliphatic heterocycles. The molecule has 0 atom stereocenters. The summed E-state index contributed by atoms with van der Waals surface area (Å²) in [5, 5.41) is 13.1. The summed E-state index contributed by atoms with van der Waals surface area (Å²) in [5.41, 5.74) is 10.3. The smallest absolute Gasteiger partial charge is 0.338 e. The van der Waals surface area contributed by atoms with E-state index in [9.17, 15) is 19.5 Å². The maximum Gasteiger partial charge on any atom is 0.338 e. The van der Waals surface area contributed by atoms with Crippen LogP contribution in [0.3, 0.4) is 0 Å². The van der Waals surface area contributed by atoms with Crippen molar-refractivity contribution < 1.29 is 29.0 Å². The molecule has 0 amide bonds. The Morgan fingerprint density at radius 2 is 1.24 bits per heavy atom. The number of hydrogen-bond acceptors (Lipinski definition) is 7. The molecule has 0 fully saturated rings. The summed E-state index contributed by atoms with van der Waals surface area (Å²) in [6.07, 6.45) is 3.00. The number of aliphatic hydroxyl groups is 1. The summed E-state index contributed by atoms with van der Waals surface area (Å²) in [6.45, 7) is 3.36. The Labute approximate surface area is 197 Å². The Hall–Kier alpha value is -4.10. The highest BCUT2D eigenvalue weighted by atomic mass is 16.5. The lowest BCUT2D eigenvalue weighted by molar-refractivity contribution is -0.111. The van der Waals surface area contributed by atoms with Gasteiger partial charge in [0.15, 0.2) is 5.78 Å². The third-order valence-corrected chi connectivity index (χ3v) is 4.89. The van der Waals surface area contributed by atoms with E-state index < -0.39 is 11.9 Å². The lowest BCUT2D eigenvalue weighted by atomic mass is 10.00. The number of allylic oxidation sites excluding steroid dienone is 2. The second-order valence-electron chi connectivity index (χ2n) is 7.52. The molecule has 0 unspecified atom stereocenters. The summed E-state index contributed by atoms with van der Waals surface area (Å²) in [7, 11) is 0. The largest absolute Gasteiger partial charge is 0.512 e. The molecule has 0 aliphatic rings. The number of carbonyl (C=O) groups is 3. The van der Waals surface area contributed by atoms with E-state index in [0.717, 1.165) is 12.8 Å². The first-order valence-electron chi connectivity index (χ1n) is 10.8. The fourth-order valence-electron chi connectivity index (χ4n) is 3.21. The van der Waals surface area contributed by atoms with Gasteiger partial charge in [0.25, 0.3) is 0 Å². The van der Waals surface area contributed by atoms with Crippen LogP contribution in [0, 0.1) is 0 Å². The van der Waals surface area contributed by atoms with Crippen molar-refractivity contribution in [3.05, 3.63) is 81.4 Å². The van der Waals surface area contributed by atoms with Crippen LogP contribution in [0.5, 0.6) is 0 Å². The predicted octanol–water partition coefficient (Wildman–Crippen LogP) is 6.08. The van der Waals surface area contributed by atoms with Gasteiger partial charge in [0.05, 0.1) is 29.9 Å². The first-order chi connectivity index (χ1) is 16.3. The van der Waals surface area contributed by atoms with Crippen molar-refractivity contribution in [1.82, 2.24) is 0 Å². The van der Waals surface area contributed by atoms with Gasteiger partial charge >= 0.3 is 11.9 Å². The van der Waals surface area contributed by atoms with Crippen molar-refractivity contribution in [2.24, 2.45) is 5.11 Å². The number of nitrogens with zero attached hydrogens (tertiary/aromatic N) is 3. The van der Waals surface area contributed by atoms with E-state index in [1.54, 1.807) is 48.5 Å². The first kappa shape index (κ1) is 26.2. The van der Waals surface area contributed by atoms with Gasteiger partial charge in [-0.2, -0.15) is 0 Å². The summed E-state index contributed by atoms with van der Waals surface area (Å²) in [4.78, 5) is 38.5. The molecule has 0 saturated heterocycles. The Morgan fingerprint density at radius 3 is 1.65 bits per heavy atom. The van der Waals surface area contributed by atoms with Crippen molar-refractivity contribution >= 4 is 29.0 Å². The van der Waals surface area contributed by atoms with Gasteiger partial charge < -0.3 is 14.6 Å². The number of rotatable bonds is 12. The standard InChI is InChI=1S/C25H27N3O6/c1-17(29)23(18(2)30)19-7-9-20(10-8-19)24(31)33-15-5-3-4-6-16-34-25(32)21-11-13-22(14-12-21)27-28-26/h7-14,29H,3-6,15-16H2,1-2H3/b23-17+. The van der Waals surface area contributed by atoms with E-state index in [4.69, 9.17) is 15.0 Å². The van der Waals surface area contributed by atoms with E-state index in [2.05, 4.69) is 10.0 Å². The normalized spacial score (nSPS) is 11.1. The number of benzene rings is 2. The van der Waals surface area contributed by atoms with Crippen LogP contribution >= 0.6 is 0 Å². The first-order valence-corrected chi connectivity index (χ1v) is 10.8. The number of unbranched alkanes of at least 4 members (excludes halogenated alkanes) is 3. The Bertz CT molecular complexity index is 1080. The van der Waals surface area contributed by atoms with E-state index in [0.29, 0.717) is 35.2 Å². The second-order valence-corrected chi connectivity index (χ2v) is 7.52. The maximum atomic E-state index is 12.2. The van der Waals surface area contributed by atoms with Crippen LogP contribution in [0.25, 0.3) is 16.0 Å². The zero-order valence-corrected chi connectivity index (χ0v) is 19.2. The van der Waals surface area contributed by atoms with Gasteiger partial charge in [-0.15, -0.1) is 0 Å². The minimum atomic E-state index is -0.457. The fourth-order valence-corrected chi connectivity index (χ4v) is 3.21. The zero-order valence-electron chi connectivity index (χ0n) is 19.2. The molecule has 0 spiro atoms. The molecule has 2 aromatic rings. The lowest BCUT2D eigenvalue weighted by Crippen LogP contribution is -2.08. The van der Waals surface area contributed by atoms with Gasteiger partial charge in [0, 0.05) is 10.6 Å². The van der Waals surface area contributed by atoms with Gasteiger partial charge in [-0.25, -0.2) is 9.59 Å². The molecule has 2 rings (SSSR count). The third-order valence-electron chi connectivity index (χ3n) is 4.89. The van der Waals surface area contributed by atoms with Crippen molar-refractivity contribution in [1.29, 1.82) is 0 Å². The summed E-state index contributed by atoms with van der Waals surface area (Å²) < 4.78 is 10.5. The average Bonchev–Trinajstić information content (AvgIpc) is 2.81. The third kappa shape index (κ3) is 8.11. The fraction of sp³-hybridized carbons (Fsp3) is 0.320. The topological polar surface area (TPSA) is 139 Å². The molecule has 0 bridgehead atoms. The molecule has 9 nitrogen and oxygen atoms in total. The number of ketones is 1. The molecule has 0 aromatic heterocycles. The van der Waals surface area contributed by atoms with Crippen LogP contribution in [-0.2, 0) is 14.3 Å². The van der Waals surface area contributed by atoms with Gasteiger partial charge in [-0.3, -0.25) is 4.79 Å². The highest BCUT2D eigenvalue weighted by Gasteiger charge is 2.13. The molecule has 0 heterocycles. The van der Waals surface area contributed by atoms with Crippen molar-refractivity contribution in [3.8, 4) is 0 Å². The number of carbonyl (C=O) groups excluding carboxylic acids is 3. The summed E-state index contributed by atoms with van der Waals surface area (Å²) in [6, 6.07) is 12.5. The number of esters is 2. The van der Waals surface area contributed by atoms with E-state index >= 15 is 0 Å². The van der Waals surface area contributed by atoms with Crippen LogP contribution in [0.15, 0.2) is 59.4 Å². The van der Waals surface area contributed by atoms with E-state index in [-0.39, 0.29) is 30.3 Å². The van der Waals surface area contributed by atoms with Crippen LogP contribution in [0.1, 0.15) is 65.8 Å². The number of azide groups is 1. The van der Waals surface area contributed by atoms with Gasteiger partial charge in [-0.05, 0) is 74.9 Å². The molecule has 0 radical (unpaired) electrons. The molecule has 178 valence electrons. The quantitative estimate of drug-likeness (QED) is 0.0766. The van der Waals surface area contributed by atoms with Crippen LogP contribution in [-0.4, -0.2) is 36.0 Å². The Morgan fingerprint density at radius 1 is 0.794 bits per heavy atom. The van der Waals surface area contributed by atoms with Crippen LogP contribution in [0.2, 0.25) is 0 Å². The number of hydrogen-bond donors (Lipinski definition) is 1.